The maximum atomic E-state index is 11.9. The molecule has 2 amide bonds. The molecule has 8 heteroatoms. The molecule has 1 aliphatic heterocycles. The highest BCUT2D eigenvalue weighted by atomic mass is 32.1. The smallest absolute Gasteiger partial charge is 0.263 e. The van der Waals surface area contributed by atoms with E-state index in [4.69, 9.17) is 16.2 Å². The zero-order valence-electron chi connectivity index (χ0n) is 12.4. The summed E-state index contributed by atoms with van der Waals surface area (Å²) >= 11 is 1.19. The van der Waals surface area contributed by atoms with E-state index in [1.54, 1.807) is 0 Å². The lowest BCUT2D eigenvalue weighted by molar-refractivity contribution is -0.0275. The number of hydrogen-bond acceptors (Lipinski definition) is 6. The molecule has 7 nitrogen and oxygen atoms in total. The van der Waals surface area contributed by atoms with E-state index in [0.29, 0.717) is 29.6 Å². The first kappa shape index (κ1) is 15.6. The van der Waals surface area contributed by atoms with E-state index in [9.17, 15) is 9.59 Å². The molecule has 1 fully saturated rings. The van der Waals surface area contributed by atoms with E-state index in [2.05, 4.69) is 5.32 Å². The Morgan fingerprint density at radius 1 is 1.43 bits per heavy atom. The van der Waals surface area contributed by atoms with Crippen molar-refractivity contribution < 1.29 is 14.3 Å². The van der Waals surface area contributed by atoms with Gasteiger partial charge >= 0.3 is 0 Å². The molecule has 1 aromatic rings. The summed E-state index contributed by atoms with van der Waals surface area (Å²) in [4.78, 5) is 25.9. The lowest BCUT2D eigenvalue weighted by Crippen LogP contribution is -2.48. The fourth-order valence-electron chi connectivity index (χ4n) is 2.36. The number of nitrogens with zero attached hydrogens (tertiary/aromatic N) is 1. The topological polar surface area (TPSA) is 111 Å². The van der Waals surface area contributed by atoms with Crippen molar-refractivity contribution in [2.24, 2.45) is 5.73 Å². The maximum absolute atomic E-state index is 11.9. The van der Waals surface area contributed by atoms with Gasteiger partial charge in [0.2, 0.25) is 0 Å². The molecule has 2 rings (SSSR count). The Hall–Kier alpha value is -1.80. The van der Waals surface area contributed by atoms with Gasteiger partial charge in [-0.05, 0) is 13.8 Å². The van der Waals surface area contributed by atoms with Gasteiger partial charge in [-0.2, -0.15) is 0 Å². The van der Waals surface area contributed by atoms with Crippen LogP contribution in [0.1, 0.15) is 33.9 Å². The Kier molecular flexibility index (Phi) is 4.11. The lowest BCUT2D eigenvalue weighted by atomic mass is 10.1. The molecule has 0 aromatic carbocycles. The molecule has 1 aromatic heterocycles. The minimum atomic E-state index is -0.627. The average Bonchev–Trinajstić information content (AvgIpc) is 2.74. The van der Waals surface area contributed by atoms with Crippen LogP contribution in [0.5, 0.6) is 0 Å². The van der Waals surface area contributed by atoms with Crippen LogP contribution in [0.2, 0.25) is 0 Å². The number of nitrogen functional groups attached to an aromatic ring is 1. The van der Waals surface area contributed by atoms with Crippen LogP contribution >= 0.6 is 11.3 Å². The molecule has 0 saturated carbocycles. The SMILES string of the molecule is CNC(=O)c1sc(N2CCOC(C)(C)C2)c(C(N)=O)c1N. The highest BCUT2D eigenvalue weighted by molar-refractivity contribution is 7.19. The van der Waals surface area contributed by atoms with E-state index in [1.165, 1.54) is 18.4 Å². The molecule has 0 radical (unpaired) electrons. The third-order valence-corrected chi connectivity index (χ3v) is 4.58. The summed E-state index contributed by atoms with van der Waals surface area (Å²) < 4.78 is 5.66. The van der Waals surface area contributed by atoms with Crippen molar-refractivity contribution >= 4 is 33.8 Å². The number of rotatable bonds is 3. The first-order valence-corrected chi connectivity index (χ1v) is 7.41. The molecule has 21 heavy (non-hydrogen) atoms. The van der Waals surface area contributed by atoms with Gasteiger partial charge in [-0.25, -0.2) is 0 Å². The highest BCUT2D eigenvalue weighted by Gasteiger charge is 2.33. The first-order chi connectivity index (χ1) is 9.76. The second-order valence-corrected chi connectivity index (χ2v) is 6.50. The number of carbonyl (C=O) groups excluding carboxylic acids is 2. The predicted molar refractivity (Wildman–Crippen MR) is 82.9 cm³/mol. The van der Waals surface area contributed by atoms with Crippen molar-refractivity contribution in [2.45, 2.75) is 19.4 Å². The van der Waals surface area contributed by atoms with Crippen molar-refractivity contribution in [1.29, 1.82) is 0 Å². The number of nitrogens with one attached hydrogen (secondary N) is 1. The normalized spacial score (nSPS) is 17.6. The molecule has 1 saturated heterocycles. The van der Waals surface area contributed by atoms with Crippen molar-refractivity contribution in [2.75, 3.05) is 37.4 Å². The van der Waals surface area contributed by atoms with Crippen LogP contribution in [0.3, 0.4) is 0 Å². The van der Waals surface area contributed by atoms with E-state index >= 15 is 0 Å². The Morgan fingerprint density at radius 3 is 2.62 bits per heavy atom. The standard InChI is InChI=1S/C13H20N4O3S/c1-13(2)6-17(4-5-20-13)12-7(10(15)18)8(14)9(21-12)11(19)16-3/h4-6,14H2,1-3H3,(H2,15,18)(H,16,19). The largest absolute Gasteiger partial charge is 0.397 e. The van der Waals surface area contributed by atoms with Gasteiger partial charge in [0.1, 0.15) is 9.88 Å². The molecule has 2 heterocycles. The van der Waals surface area contributed by atoms with Crippen molar-refractivity contribution in [3.05, 3.63) is 10.4 Å². The Labute approximate surface area is 127 Å². The zero-order chi connectivity index (χ0) is 15.8. The molecule has 1 aliphatic rings. The van der Waals surface area contributed by atoms with Crippen LogP contribution in [0, 0.1) is 0 Å². The number of ether oxygens (including phenoxy) is 1. The molecule has 0 aliphatic carbocycles. The average molecular weight is 312 g/mol. The number of carbonyl (C=O) groups is 2. The van der Waals surface area contributed by atoms with E-state index in [-0.39, 0.29) is 22.8 Å². The molecule has 0 bridgehead atoms. The van der Waals surface area contributed by atoms with Gasteiger partial charge in [0.05, 0.1) is 23.5 Å². The third kappa shape index (κ3) is 2.96. The van der Waals surface area contributed by atoms with Crippen LogP contribution in [-0.4, -0.2) is 44.2 Å². The van der Waals surface area contributed by atoms with E-state index in [1.807, 2.05) is 18.7 Å². The number of thiophene rings is 1. The predicted octanol–water partition coefficient (Wildman–Crippen LogP) is 0.404. The first-order valence-electron chi connectivity index (χ1n) is 6.60. The van der Waals surface area contributed by atoms with E-state index < -0.39 is 5.91 Å². The Bertz CT molecular complexity index is 582. The summed E-state index contributed by atoms with van der Waals surface area (Å²) in [6.07, 6.45) is 0. The minimum Gasteiger partial charge on any atom is -0.397 e. The number of primary amides is 1. The second-order valence-electron chi connectivity index (χ2n) is 5.50. The van der Waals surface area contributed by atoms with Gasteiger partial charge in [0.25, 0.3) is 11.8 Å². The molecular formula is C13H20N4O3S. The molecular weight excluding hydrogens is 292 g/mol. The summed E-state index contributed by atoms with van der Waals surface area (Å²) in [6, 6.07) is 0. The van der Waals surface area contributed by atoms with Crippen molar-refractivity contribution in [3.8, 4) is 0 Å². The van der Waals surface area contributed by atoms with Gasteiger partial charge in [-0.1, -0.05) is 0 Å². The number of hydrogen-bond donors (Lipinski definition) is 3. The number of anilines is 2. The van der Waals surface area contributed by atoms with E-state index in [0.717, 1.165) is 0 Å². The van der Waals surface area contributed by atoms with Gasteiger partial charge in [-0.15, -0.1) is 11.3 Å². The number of morpholine rings is 1. The fraction of sp³-hybridized carbons (Fsp3) is 0.538. The van der Waals surface area contributed by atoms with Crippen LogP contribution in [-0.2, 0) is 4.74 Å². The van der Waals surface area contributed by atoms with Crippen LogP contribution in [0.25, 0.3) is 0 Å². The number of amides is 2. The minimum absolute atomic E-state index is 0.145. The monoisotopic (exact) mass is 312 g/mol. The van der Waals surface area contributed by atoms with Gasteiger partial charge in [0, 0.05) is 20.1 Å². The lowest BCUT2D eigenvalue weighted by Gasteiger charge is -2.39. The van der Waals surface area contributed by atoms with Gasteiger partial charge in [-0.3, -0.25) is 9.59 Å². The molecule has 116 valence electrons. The van der Waals surface area contributed by atoms with Crippen LogP contribution in [0.15, 0.2) is 0 Å². The molecule has 0 spiro atoms. The van der Waals surface area contributed by atoms with Crippen molar-refractivity contribution in [3.63, 3.8) is 0 Å². The van der Waals surface area contributed by atoms with Crippen LogP contribution < -0.4 is 21.7 Å². The second kappa shape index (κ2) is 5.53. The van der Waals surface area contributed by atoms with Gasteiger partial charge in [0.15, 0.2) is 0 Å². The van der Waals surface area contributed by atoms with Crippen LogP contribution in [0.4, 0.5) is 10.7 Å². The third-order valence-electron chi connectivity index (χ3n) is 3.32. The molecule has 0 atom stereocenters. The Morgan fingerprint density at radius 2 is 2.10 bits per heavy atom. The maximum Gasteiger partial charge on any atom is 0.263 e. The summed E-state index contributed by atoms with van der Waals surface area (Å²) in [5, 5.41) is 3.15. The summed E-state index contributed by atoms with van der Waals surface area (Å²) in [5.74, 6) is -0.947. The summed E-state index contributed by atoms with van der Waals surface area (Å²) in [5.41, 5.74) is 11.4. The Balaban J connectivity index is 2.47. The summed E-state index contributed by atoms with van der Waals surface area (Å²) in [6.45, 7) is 5.70. The van der Waals surface area contributed by atoms with Crippen molar-refractivity contribution in [1.82, 2.24) is 5.32 Å². The summed E-state index contributed by atoms with van der Waals surface area (Å²) in [7, 11) is 1.52. The highest BCUT2D eigenvalue weighted by Crippen LogP contribution is 2.39. The zero-order valence-corrected chi connectivity index (χ0v) is 13.2. The molecule has 0 unspecified atom stereocenters. The number of nitrogens with two attached hydrogens (primary N) is 2. The quantitative estimate of drug-likeness (QED) is 0.748. The van der Waals surface area contributed by atoms with Gasteiger partial charge < -0.3 is 26.4 Å². The molecule has 5 N–H and O–H groups in total. The fourth-order valence-corrected chi connectivity index (χ4v) is 3.56.